The molecule has 0 aliphatic carbocycles. The Bertz CT molecular complexity index is 409. The van der Waals surface area contributed by atoms with E-state index in [4.69, 9.17) is 11.6 Å². The van der Waals surface area contributed by atoms with Crippen LogP contribution in [0, 0.1) is 11.8 Å². The smallest absolute Gasteiger partial charge is 0.307 e. The molecular weight excluding hydrogens is 275 g/mol. The second kappa shape index (κ2) is 6.92. The van der Waals surface area contributed by atoms with Gasteiger partial charge in [-0.3, -0.25) is 4.79 Å². The van der Waals surface area contributed by atoms with Crippen molar-refractivity contribution in [2.24, 2.45) is 11.8 Å². The van der Waals surface area contributed by atoms with Crippen LogP contribution >= 0.6 is 24.0 Å². The second-order valence-corrected chi connectivity index (χ2v) is 4.78. The van der Waals surface area contributed by atoms with Crippen LogP contribution in [0.2, 0.25) is 5.15 Å². The minimum absolute atomic E-state index is 0. The van der Waals surface area contributed by atoms with Gasteiger partial charge in [-0.1, -0.05) is 11.6 Å². The van der Waals surface area contributed by atoms with Gasteiger partial charge in [0.15, 0.2) is 0 Å². The molecule has 0 bridgehead atoms. The summed E-state index contributed by atoms with van der Waals surface area (Å²) in [5, 5.41) is 12.9. The van der Waals surface area contributed by atoms with Gasteiger partial charge in [0, 0.05) is 6.20 Å². The molecule has 18 heavy (non-hydrogen) atoms. The maximum Gasteiger partial charge on any atom is 0.307 e. The van der Waals surface area contributed by atoms with E-state index in [0.717, 1.165) is 25.1 Å². The number of halogens is 2. The SMILES string of the molecule is Cl.O=C(O)[C@@H](Cc1ccnc(Cl)c1)[C@H]1CCNC1. The topological polar surface area (TPSA) is 62.2 Å². The summed E-state index contributed by atoms with van der Waals surface area (Å²) in [5.41, 5.74) is 0.935. The van der Waals surface area contributed by atoms with Crippen molar-refractivity contribution in [2.45, 2.75) is 12.8 Å². The number of carbonyl (C=O) groups is 1. The second-order valence-electron chi connectivity index (χ2n) is 4.39. The molecule has 4 nitrogen and oxygen atoms in total. The number of hydrogen-bond donors (Lipinski definition) is 2. The highest BCUT2D eigenvalue weighted by atomic mass is 35.5. The predicted molar refractivity (Wildman–Crippen MR) is 72.3 cm³/mol. The first-order valence-electron chi connectivity index (χ1n) is 5.71. The van der Waals surface area contributed by atoms with Crippen molar-refractivity contribution in [3.63, 3.8) is 0 Å². The van der Waals surface area contributed by atoms with Crippen molar-refractivity contribution < 1.29 is 9.90 Å². The minimum atomic E-state index is -0.730. The predicted octanol–water partition coefficient (Wildman–Crippen LogP) is 2.01. The Hall–Kier alpha value is -0.840. The first-order valence-corrected chi connectivity index (χ1v) is 6.08. The maximum atomic E-state index is 11.3. The summed E-state index contributed by atoms with van der Waals surface area (Å²) in [4.78, 5) is 15.2. The van der Waals surface area contributed by atoms with E-state index in [2.05, 4.69) is 10.3 Å². The quantitative estimate of drug-likeness (QED) is 0.833. The number of aliphatic carboxylic acids is 1. The third-order valence-corrected chi connectivity index (χ3v) is 3.44. The number of aromatic nitrogens is 1. The highest BCUT2D eigenvalue weighted by Crippen LogP contribution is 2.24. The molecule has 1 aliphatic heterocycles. The fraction of sp³-hybridized carbons (Fsp3) is 0.500. The number of hydrogen-bond acceptors (Lipinski definition) is 3. The van der Waals surface area contributed by atoms with Crippen molar-refractivity contribution in [1.82, 2.24) is 10.3 Å². The normalized spacial score (nSPS) is 20.2. The number of pyridine rings is 1. The van der Waals surface area contributed by atoms with Crippen LogP contribution < -0.4 is 5.32 Å². The molecule has 1 aliphatic rings. The van der Waals surface area contributed by atoms with E-state index < -0.39 is 5.97 Å². The molecule has 1 saturated heterocycles. The number of nitrogens with one attached hydrogen (secondary N) is 1. The molecule has 6 heteroatoms. The van der Waals surface area contributed by atoms with Crippen molar-refractivity contribution in [3.8, 4) is 0 Å². The monoisotopic (exact) mass is 290 g/mol. The molecule has 2 rings (SSSR count). The molecule has 100 valence electrons. The largest absolute Gasteiger partial charge is 0.481 e. The Morgan fingerprint density at radius 2 is 2.44 bits per heavy atom. The fourth-order valence-corrected chi connectivity index (χ4v) is 2.50. The lowest BCUT2D eigenvalue weighted by atomic mass is 9.86. The molecule has 1 fully saturated rings. The summed E-state index contributed by atoms with van der Waals surface area (Å²) in [7, 11) is 0. The van der Waals surface area contributed by atoms with Crippen molar-refractivity contribution in [2.75, 3.05) is 13.1 Å². The first kappa shape index (κ1) is 15.2. The Morgan fingerprint density at radius 1 is 1.67 bits per heavy atom. The minimum Gasteiger partial charge on any atom is -0.481 e. The average molecular weight is 291 g/mol. The Balaban J connectivity index is 0.00000162. The lowest BCUT2D eigenvalue weighted by Crippen LogP contribution is -2.27. The third-order valence-electron chi connectivity index (χ3n) is 3.23. The Labute approximate surface area is 117 Å². The molecule has 0 unspecified atom stereocenters. The van der Waals surface area contributed by atoms with E-state index in [-0.39, 0.29) is 24.2 Å². The van der Waals surface area contributed by atoms with Crippen LogP contribution in [0.15, 0.2) is 18.3 Å². The Morgan fingerprint density at radius 3 is 3.00 bits per heavy atom. The van der Waals surface area contributed by atoms with E-state index in [1.807, 2.05) is 6.07 Å². The van der Waals surface area contributed by atoms with E-state index in [1.165, 1.54) is 0 Å². The van der Waals surface area contributed by atoms with Crippen LogP contribution in [-0.2, 0) is 11.2 Å². The number of carboxylic acid groups (broad SMARTS) is 1. The molecule has 0 radical (unpaired) electrons. The lowest BCUT2D eigenvalue weighted by molar-refractivity contribution is -0.143. The van der Waals surface area contributed by atoms with E-state index in [0.29, 0.717) is 11.6 Å². The molecule has 2 heterocycles. The van der Waals surface area contributed by atoms with Crippen LogP contribution in [0.5, 0.6) is 0 Å². The Kier molecular flexibility index (Phi) is 5.85. The van der Waals surface area contributed by atoms with Gasteiger partial charge in [-0.05, 0) is 49.5 Å². The van der Waals surface area contributed by atoms with Gasteiger partial charge < -0.3 is 10.4 Å². The fourth-order valence-electron chi connectivity index (χ4n) is 2.30. The van der Waals surface area contributed by atoms with Gasteiger partial charge in [-0.2, -0.15) is 0 Å². The van der Waals surface area contributed by atoms with Crippen LogP contribution in [0.1, 0.15) is 12.0 Å². The van der Waals surface area contributed by atoms with Crippen molar-refractivity contribution >= 4 is 30.0 Å². The molecule has 1 aromatic rings. The standard InChI is InChI=1S/C12H15ClN2O2.ClH/c13-11-6-8(1-4-15-11)5-10(12(16)17)9-2-3-14-7-9;/h1,4,6,9-10,14H,2-3,5,7H2,(H,16,17);1H/t9-,10-;/m0./s1. The molecule has 0 saturated carbocycles. The number of nitrogens with zero attached hydrogens (tertiary/aromatic N) is 1. The zero-order chi connectivity index (χ0) is 12.3. The average Bonchev–Trinajstić information content (AvgIpc) is 2.78. The number of rotatable bonds is 4. The van der Waals surface area contributed by atoms with Crippen molar-refractivity contribution in [3.05, 3.63) is 29.0 Å². The van der Waals surface area contributed by atoms with E-state index in [9.17, 15) is 9.90 Å². The van der Waals surface area contributed by atoms with Crippen LogP contribution in [0.3, 0.4) is 0 Å². The molecule has 0 spiro atoms. The lowest BCUT2D eigenvalue weighted by Gasteiger charge is -2.18. The van der Waals surface area contributed by atoms with Gasteiger partial charge in [0.05, 0.1) is 5.92 Å². The van der Waals surface area contributed by atoms with Gasteiger partial charge in [0.25, 0.3) is 0 Å². The molecule has 2 N–H and O–H groups in total. The number of carboxylic acids is 1. The van der Waals surface area contributed by atoms with Gasteiger partial charge >= 0.3 is 5.97 Å². The third kappa shape index (κ3) is 3.83. The van der Waals surface area contributed by atoms with E-state index in [1.54, 1.807) is 12.3 Å². The molecule has 0 aromatic carbocycles. The molecule has 1 aromatic heterocycles. The molecule has 2 atom stereocenters. The molecule has 0 amide bonds. The first-order chi connectivity index (χ1) is 8.16. The maximum absolute atomic E-state index is 11.3. The van der Waals surface area contributed by atoms with Gasteiger partial charge in [-0.15, -0.1) is 12.4 Å². The highest BCUT2D eigenvalue weighted by Gasteiger charge is 2.30. The molecular formula is C12H16Cl2N2O2. The summed E-state index contributed by atoms with van der Waals surface area (Å²) in [6.45, 7) is 1.70. The zero-order valence-corrected chi connectivity index (χ0v) is 11.4. The zero-order valence-electron chi connectivity index (χ0n) is 9.80. The van der Waals surface area contributed by atoms with Gasteiger partial charge in [0.1, 0.15) is 5.15 Å². The summed E-state index contributed by atoms with van der Waals surface area (Å²) in [6, 6.07) is 3.56. The summed E-state index contributed by atoms with van der Waals surface area (Å²) in [5.74, 6) is -0.866. The van der Waals surface area contributed by atoms with Crippen molar-refractivity contribution in [1.29, 1.82) is 0 Å². The summed E-state index contributed by atoms with van der Waals surface area (Å²) < 4.78 is 0. The summed E-state index contributed by atoms with van der Waals surface area (Å²) in [6.07, 6.45) is 3.06. The van der Waals surface area contributed by atoms with Gasteiger partial charge in [0.2, 0.25) is 0 Å². The van der Waals surface area contributed by atoms with Crippen LogP contribution in [0.25, 0.3) is 0 Å². The highest BCUT2D eigenvalue weighted by molar-refractivity contribution is 6.29. The van der Waals surface area contributed by atoms with Crippen LogP contribution in [0.4, 0.5) is 0 Å². The summed E-state index contributed by atoms with van der Waals surface area (Å²) >= 11 is 5.80. The van der Waals surface area contributed by atoms with Gasteiger partial charge in [-0.25, -0.2) is 4.98 Å². The van der Waals surface area contributed by atoms with Crippen LogP contribution in [-0.4, -0.2) is 29.1 Å². The van der Waals surface area contributed by atoms with E-state index >= 15 is 0 Å².